The third-order valence-corrected chi connectivity index (χ3v) is 0.888. The average molecular weight is 148 g/mol. The van der Waals surface area contributed by atoms with E-state index in [2.05, 4.69) is 4.65 Å². The molecule has 0 aliphatic heterocycles. The fourth-order valence-electron chi connectivity index (χ4n) is 0.415. The molecule has 0 fully saturated rings. The Hall–Kier alpha value is -2.00. The van der Waals surface area contributed by atoms with E-state index < -0.39 is 12.3 Å². The first-order valence-corrected chi connectivity index (χ1v) is 2.68. The molecule has 0 N–H and O–H groups in total. The zero-order valence-corrected chi connectivity index (χ0v) is 5.74. The van der Waals surface area contributed by atoms with Gasteiger partial charge in [-0.1, -0.05) is 17.9 Å². The van der Waals surface area contributed by atoms with Crippen LogP contribution in [0.1, 0.15) is 6.92 Å². The van der Waals surface area contributed by atoms with Crippen LogP contribution in [0.3, 0.4) is 0 Å². The summed E-state index contributed by atoms with van der Waals surface area (Å²) in [5.41, 5.74) is 0. The third-order valence-electron chi connectivity index (χ3n) is 0.888. The molecule has 0 bridgehead atoms. The van der Waals surface area contributed by atoms with Crippen LogP contribution in [0.2, 0.25) is 0 Å². The van der Waals surface area contributed by atoms with Crippen LogP contribution in [-0.2, 0) is 9.45 Å². The number of carbonyl (C=O) groups is 1. The molecule has 0 unspecified atom stereocenters. The Morgan fingerprint density at radius 2 is 1.64 bits per heavy atom. The number of carbonyl (C=O) groups excluding carboxylic acids is 1. The van der Waals surface area contributed by atoms with Gasteiger partial charge in [0.25, 0.3) is 5.97 Å². The van der Waals surface area contributed by atoms with Crippen LogP contribution in [-0.4, -0.2) is 12.3 Å². The van der Waals surface area contributed by atoms with Gasteiger partial charge >= 0.3 is 6.35 Å². The molecule has 0 aliphatic rings. The lowest BCUT2D eigenvalue weighted by atomic mass is 9.45. The fraction of sp³-hybridized carbons (Fsp3) is 0.200. The largest absolute Gasteiger partial charge is 0.656 e. The molecule has 0 saturated heterocycles. The second-order valence-corrected chi connectivity index (χ2v) is 1.78. The Morgan fingerprint density at radius 3 is 1.73 bits per heavy atom. The number of hydrogen-bond acceptors (Lipinski definition) is 5. The Morgan fingerprint density at radius 1 is 1.27 bits per heavy atom. The van der Waals surface area contributed by atoms with Crippen molar-refractivity contribution in [3.8, 4) is 17.9 Å². The third kappa shape index (κ3) is 2.00. The summed E-state index contributed by atoms with van der Waals surface area (Å²) in [5, 5.41) is 24.8. The summed E-state index contributed by atoms with van der Waals surface area (Å²) in [6.45, 7) is 1.03. The molecule has 5 nitrogen and oxygen atoms in total. The molecule has 11 heavy (non-hydrogen) atoms. The van der Waals surface area contributed by atoms with E-state index in [9.17, 15) is 4.79 Å². The highest BCUT2D eigenvalue weighted by molar-refractivity contribution is 6.95. The van der Waals surface area contributed by atoms with E-state index in [0.717, 1.165) is 6.92 Å². The summed E-state index contributed by atoms with van der Waals surface area (Å²) in [4.78, 5) is 10.3. The summed E-state index contributed by atoms with van der Waals surface area (Å²) in [6, 6.07) is 0. The van der Waals surface area contributed by atoms with Gasteiger partial charge in [0.15, 0.2) is 0 Å². The Bertz CT molecular complexity index is 256. The Balaban J connectivity index is 4.68. The molecule has 0 radical (unpaired) electrons. The quantitative estimate of drug-likeness (QED) is 0.474. The smallest absolute Gasteiger partial charge is 0.458 e. The number of hydrogen-bond donors (Lipinski definition) is 0. The molecular weight excluding hydrogens is 145 g/mol. The predicted octanol–water partition coefficient (Wildman–Crippen LogP) is -0.317. The van der Waals surface area contributed by atoms with Gasteiger partial charge in [-0.25, -0.2) is 15.8 Å². The lowest BCUT2D eigenvalue weighted by Gasteiger charge is -2.17. The van der Waals surface area contributed by atoms with Gasteiger partial charge in [0.1, 0.15) is 0 Å². The maximum atomic E-state index is 10.3. The van der Waals surface area contributed by atoms with Crippen molar-refractivity contribution in [1.29, 1.82) is 15.8 Å². The van der Waals surface area contributed by atoms with Crippen LogP contribution in [0.5, 0.6) is 0 Å². The molecule has 0 aromatic rings. The van der Waals surface area contributed by atoms with Crippen LogP contribution >= 0.6 is 0 Å². The van der Waals surface area contributed by atoms with Gasteiger partial charge in [-0.05, 0) is 0 Å². The second kappa shape index (κ2) is 3.24. The van der Waals surface area contributed by atoms with E-state index >= 15 is 0 Å². The summed E-state index contributed by atoms with van der Waals surface area (Å²) < 4.78 is 4.23. The van der Waals surface area contributed by atoms with Crippen LogP contribution in [0.4, 0.5) is 0 Å². The maximum Gasteiger partial charge on any atom is 0.458 e. The van der Waals surface area contributed by atoms with Crippen LogP contribution in [0.15, 0.2) is 0 Å². The molecular formula is C5H3BN3O2-. The van der Waals surface area contributed by atoms with E-state index in [1.54, 1.807) is 0 Å². The number of rotatable bonds is 1. The molecule has 0 aliphatic carbocycles. The van der Waals surface area contributed by atoms with Gasteiger partial charge < -0.3 is 4.65 Å². The zero-order valence-electron chi connectivity index (χ0n) is 5.74. The number of nitrogens with zero attached hydrogens (tertiary/aromatic N) is 3. The molecule has 0 aromatic heterocycles. The van der Waals surface area contributed by atoms with E-state index in [4.69, 9.17) is 15.8 Å². The number of nitriles is 3. The zero-order chi connectivity index (χ0) is 8.91. The standard InChI is InChI=1S/C5H3BN3O2/c1-5(10)11-6(2-7,3-8)4-9/h1H3/q-1. The highest BCUT2D eigenvalue weighted by atomic mass is 16.5. The predicted molar refractivity (Wildman–Crippen MR) is 34.4 cm³/mol. The first-order valence-electron chi connectivity index (χ1n) is 2.68. The molecule has 0 rings (SSSR count). The lowest BCUT2D eigenvalue weighted by Crippen LogP contribution is -2.36. The molecule has 6 heteroatoms. The molecule has 0 atom stereocenters. The SMILES string of the molecule is CC(=O)O[B-](C#N)(C#N)C#N. The molecule has 54 valence electrons. The minimum Gasteiger partial charge on any atom is -0.656 e. The van der Waals surface area contributed by atoms with E-state index in [0.29, 0.717) is 0 Å². The van der Waals surface area contributed by atoms with Crippen molar-refractivity contribution >= 4 is 12.3 Å². The topological polar surface area (TPSA) is 97.7 Å². The van der Waals surface area contributed by atoms with Gasteiger partial charge in [-0.3, -0.25) is 4.79 Å². The second-order valence-electron chi connectivity index (χ2n) is 1.78. The van der Waals surface area contributed by atoms with Crippen molar-refractivity contribution in [3.63, 3.8) is 0 Å². The fourth-order valence-corrected chi connectivity index (χ4v) is 0.415. The van der Waals surface area contributed by atoms with Crippen molar-refractivity contribution < 1.29 is 9.45 Å². The minimum atomic E-state index is -2.93. The summed E-state index contributed by atoms with van der Waals surface area (Å²) in [7, 11) is 0. The van der Waals surface area contributed by atoms with Crippen molar-refractivity contribution in [3.05, 3.63) is 0 Å². The van der Waals surface area contributed by atoms with Gasteiger partial charge in [0.05, 0.1) is 0 Å². The average Bonchev–Trinajstić information content (AvgIpc) is 2.00. The molecule has 0 saturated carbocycles. The van der Waals surface area contributed by atoms with Gasteiger partial charge in [0, 0.05) is 6.92 Å². The summed E-state index contributed by atoms with van der Waals surface area (Å²) >= 11 is 0. The van der Waals surface area contributed by atoms with Crippen LogP contribution < -0.4 is 0 Å². The first-order chi connectivity index (χ1) is 5.10. The van der Waals surface area contributed by atoms with Gasteiger partial charge in [0.2, 0.25) is 0 Å². The van der Waals surface area contributed by atoms with Crippen LogP contribution in [0, 0.1) is 33.7 Å². The Kier molecular flexibility index (Phi) is 2.66. The lowest BCUT2D eigenvalue weighted by molar-refractivity contribution is -0.132. The molecule has 0 spiro atoms. The summed E-state index contributed by atoms with van der Waals surface area (Å²) in [6.07, 6.45) is -2.93. The molecule has 0 aromatic carbocycles. The van der Waals surface area contributed by atoms with E-state index in [1.165, 1.54) is 17.9 Å². The van der Waals surface area contributed by atoms with E-state index in [1.807, 2.05) is 0 Å². The van der Waals surface area contributed by atoms with Gasteiger partial charge in [-0.2, -0.15) is 0 Å². The highest BCUT2D eigenvalue weighted by Gasteiger charge is 2.28. The van der Waals surface area contributed by atoms with Crippen molar-refractivity contribution in [2.75, 3.05) is 0 Å². The van der Waals surface area contributed by atoms with E-state index in [-0.39, 0.29) is 0 Å². The van der Waals surface area contributed by atoms with Crippen molar-refractivity contribution in [2.45, 2.75) is 6.92 Å². The van der Waals surface area contributed by atoms with Crippen molar-refractivity contribution in [1.82, 2.24) is 0 Å². The van der Waals surface area contributed by atoms with Gasteiger partial charge in [-0.15, -0.1) is 0 Å². The summed E-state index contributed by atoms with van der Waals surface area (Å²) in [5.74, 6) is 3.22. The highest BCUT2D eigenvalue weighted by Crippen LogP contribution is 1.99. The first kappa shape index (κ1) is 9.00. The molecule has 0 amide bonds. The Labute approximate surface area is 63.3 Å². The maximum absolute atomic E-state index is 10.3. The normalized spacial score (nSPS) is 8.55. The minimum absolute atomic E-state index is 0.811. The van der Waals surface area contributed by atoms with Crippen LogP contribution in [0.25, 0.3) is 0 Å². The molecule has 0 heterocycles. The van der Waals surface area contributed by atoms with Crippen molar-refractivity contribution in [2.24, 2.45) is 0 Å². The monoisotopic (exact) mass is 148 g/mol.